The fourth-order valence-electron chi connectivity index (χ4n) is 2.26. The molecule has 1 fully saturated rings. The molecule has 100 valence electrons. The Kier molecular flexibility index (Phi) is 4.49. The molecule has 1 heterocycles. The van der Waals surface area contributed by atoms with Crippen LogP contribution in [-0.4, -0.2) is 42.4 Å². The summed E-state index contributed by atoms with van der Waals surface area (Å²) in [6.45, 7) is 2.05. The molecule has 3 nitrogen and oxygen atoms in total. The van der Waals surface area contributed by atoms with Crippen molar-refractivity contribution in [2.75, 3.05) is 26.3 Å². The molecule has 18 heavy (non-hydrogen) atoms. The van der Waals surface area contributed by atoms with Crippen LogP contribution in [0.15, 0.2) is 18.2 Å². The van der Waals surface area contributed by atoms with E-state index in [9.17, 15) is 8.78 Å². The highest BCUT2D eigenvalue weighted by molar-refractivity contribution is 5.24. The quantitative estimate of drug-likeness (QED) is 0.873. The van der Waals surface area contributed by atoms with Crippen molar-refractivity contribution in [3.8, 4) is 5.75 Å². The second-order valence-corrected chi connectivity index (χ2v) is 4.44. The van der Waals surface area contributed by atoms with Crippen LogP contribution in [0.5, 0.6) is 5.75 Å². The first-order valence-corrected chi connectivity index (χ1v) is 6.13. The zero-order chi connectivity index (χ0) is 13.0. The van der Waals surface area contributed by atoms with Gasteiger partial charge < -0.3 is 9.84 Å². The number of halogens is 2. The second-order valence-electron chi connectivity index (χ2n) is 4.44. The van der Waals surface area contributed by atoms with Crippen LogP contribution in [-0.2, 0) is 0 Å². The van der Waals surface area contributed by atoms with E-state index in [-0.39, 0.29) is 18.4 Å². The lowest BCUT2D eigenvalue weighted by Crippen LogP contribution is -2.35. The van der Waals surface area contributed by atoms with Gasteiger partial charge in [0.2, 0.25) is 0 Å². The Labute approximate surface area is 105 Å². The Hall–Kier alpha value is -1.20. The Balaban J connectivity index is 1.81. The molecule has 0 bridgehead atoms. The molecule has 0 amide bonds. The van der Waals surface area contributed by atoms with Crippen molar-refractivity contribution in [1.29, 1.82) is 0 Å². The van der Waals surface area contributed by atoms with Crippen molar-refractivity contribution < 1.29 is 18.6 Å². The number of rotatable bonds is 5. The Morgan fingerprint density at radius 2 is 2.22 bits per heavy atom. The molecule has 1 aromatic rings. The first-order chi connectivity index (χ1) is 8.70. The number of likely N-dealkylation sites (tertiary alicyclic amines) is 1. The van der Waals surface area contributed by atoms with E-state index in [0.29, 0.717) is 13.2 Å². The molecule has 1 saturated heterocycles. The monoisotopic (exact) mass is 257 g/mol. The van der Waals surface area contributed by atoms with Crippen molar-refractivity contribution in [3.05, 3.63) is 29.8 Å². The van der Waals surface area contributed by atoms with E-state index in [1.54, 1.807) is 0 Å². The highest BCUT2D eigenvalue weighted by Crippen LogP contribution is 2.19. The fourth-order valence-corrected chi connectivity index (χ4v) is 2.26. The summed E-state index contributed by atoms with van der Waals surface area (Å²) in [4.78, 5) is 2.13. The van der Waals surface area contributed by atoms with Crippen molar-refractivity contribution in [1.82, 2.24) is 4.90 Å². The van der Waals surface area contributed by atoms with Crippen LogP contribution in [0, 0.1) is 11.6 Å². The number of ether oxygens (including phenoxy) is 1. The van der Waals surface area contributed by atoms with Gasteiger partial charge in [0, 0.05) is 18.7 Å². The topological polar surface area (TPSA) is 32.7 Å². The highest BCUT2D eigenvalue weighted by Gasteiger charge is 2.23. The van der Waals surface area contributed by atoms with Crippen LogP contribution in [0.2, 0.25) is 0 Å². The third-order valence-corrected chi connectivity index (χ3v) is 3.24. The fraction of sp³-hybridized carbons (Fsp3) is 0.538. The van der Waals surface area contributed by atoms with Gasteiger partial charge in [-0.3, -0.25) is 4.90 Å². The predicted octanol–water partition coefficient (Wildman–Crippen LogP) is 1.80. The summed E-state index contributed by atoms with van der Waals surface area (Å²) in [5.74, 6) is -1.23. The van der Waals surface area contributed by atoms with E-state index in [1.807, 2.05) is 0 Å². The largest absolute Gasteiger partial charge is 0.489 e. The van der Waals surface area contributed by atoms with Gasteiger partial charge in [-0.25, -0.2) is 8.78 Å². The smallest absolute Gasteiger partial charge is 0.167 e. The summed E-state index contributed by atoms with van der Waals surface area (Å²) in [6, 6.07) is 3.46. The maximum absolute atomic E-state index is 13.3. The molecule has 1 aromatic carbocycles. The number of aliphatic hydroxyl groups excluding tert-OH is 1. The van der Waals surface area contributed by atoms with Gasteiger partial charge in [-0.1, -0.05) is 0 Å². The third-order valence-electron chi connectivity index (χ3n) is 3.24. The van der Waals surface area contributed by atoms with Gasteiger partial charge in [-0.05, 0) is 31.5 Å². The number of aliphatic hydroxyl groups is 1. The number of benzene rings is 1. The predicted molar refractivity (Wildman–Crippen MR) is 63.5 cm³/mol. The first-order valence-electron chi connectivity index (χ1n) is 6.13. The number of hydrogen-bond donors (Lipinski definition) is 1. The average Bonchev–Trinajstić information content (AvgIpc) is 2.79. The molecular formula is C13H17F2NO2. The lowest BCUT2D eigenvalue weighted by molar-refractivity contribution is 0.138. The Morgan fingerprint density at radius 3 is 2.94 bits per heavy atom. The number of hydrogen-bond acceptors (Lipinski definition) is 3. The second kappa shape index (κ2) is 6.11. The van der Waals surface area contributed by atoms with E-state index in [2.05, 4.69) is 4.90 Å². The minimum atomic E-state index is -0.685. The van der Waals surface area contributed by atoms with Gasteiger partial charge in [0.05, 0.1) is 6.61 Å². The molecule has 0 aliphatic carbocycles. The van der Waals surface area contributed by atoms with E-state index in [4.69, 9.17) is 9.84 Å². The normalized spacial score (nSPS) is 20.3. The molecule has 1 aliphatic rings. The van der Waals surface area contributed by atoms with Crippen molar-refractivity contribution >= 4 is 0 Å². The molecule has 2 rings (SSSR count). The van der Waals surface area contributed by atoms with Gasteiger partial charge in [0.25, 0.3) is 0 Å². The standard InChI is InChI=1S/C13H17F2NO2/c14-10-3-4-13(12(15)8-10)18-7-6-16-5-1-2-11(16)9-17/h3-4,8,11,17H,1-2,5-7,9H2. The van der Waals surface area contributed by atoms with Gasteiger partial charge >= 0.3 is 0 Å². The van der Waals surface area contributed by atoms with Crippen LogP contribution in [0.25, 0.3) is 0 Å². The molecule has 1 unspecified atom stereocenters. The maximum atomic E-state index is 13.3. The Bertz CT molecular complexity index is 401. The average molecular weight is 257 g/mol. The van der Waals surface area contributed by atoms with Crippen molar-refractivity contribution in [3.63, 3.8) is 0 Å². The summed E-state index contributed by atoms with van der Waals surface area (Å²) in [7, 11) is 0. The summed E-state index contributed by atoms with van der Waals surface area (Å²) in [5, 5.41) is 9.14. The maximum Gasteiger partial charge on any atom is 0.167 e. The lowest BCUT2D eigenvalue weighted by Gasteiger charge is -2.22. The number of nitrogens with zero attached hydrogens (tertiary/aromatic N) is 1. The molecule has 0 radical (unpaired) electrons. The Morgan fingerprint density at radius 1 is 1.39 bits per heavy atom. The SMILES string of the molecule is OCC1CCCN1CCOc1ccc(F)cc1F. The summed E-state index contributed by atoms with van der Waals surface area (Å²) in [5.41, 5.74) is 0. The molecule has 5 heteroatoms. The lowest BCUT2D eigenvalue weighted by atomic mass is 10.2. The summed E-state index contributed by atoms with van der Waals surface area (Å²) >= 11 is 0. The first kappa shape index (κ1) is 13.2. The molecule has 1 aliphatic heterocycles. The van der Waals surface area contributed by atoms with Gasteiger partial charge in [-0.15, -0.1) is 0 Å². The molecule has 1 atom stereocenters. The minimum absolute atomic E-state index is 0.0659. The zero-order valence-electron chi connectivity index (χ0n) is 10.1. The van der Waals surface area contributed by atoms with E-state index in [0.717, 1.165) is 25.5 Å². The third kappa shape index (κ3) is 3.17. The molecular weight excluding hydrogens is 240 g/mol. The molecule has 1 N–H and O–H groups in total. The van der Waals surface area contributed by atoms with Crippen molar-refractivity contribution in [2.24, 2.45) is 0 Å². The van der Waals surface area contributed by atoms with Crippen LogP contribution in [0.4, 0.5) is 8.78 Å². The zero-order valence-corrected chi connectivity index (χ0v) is 10.1. The van der Waals surface area contributed by atoms with Crippen molar-refractivity contribution in [2.45, 2.75) is 18.9 Å². The van der Waals surface area contributed by atoms with Gasteiger partial charge in [0.1, 0.15) is 12.4 Å². The summed E-state index contributed by atoms with van der Waals surface area (Å²) in [6.07, 6.45) is 2.05. The van der Waals surface area contributed by atoms with Crippen LogP contribution in [0.1, 0.15) is 12.8 Å². The van der Waals surface area contributed by atoms with E-state index in [1.165, 1.54) is 12.1 Å². The molecule has 0 aromatic heterocycles. The van der Waals surface area contributed by atoms with E-state index < -0.39 is 11.6 Å². The summed E-state index contributed by atoms with van der Waals surface area (Å²) < 4.78 is 31.2. The van der Waals surface area contributed by atoms with Gasteiger partial charge in [0.15, 0.2) is 11.6 Å². The van der Waals surface area contributed by atoms with Crippen LogP contribution >= 0.6 is 0 Å². The van der Waals surface area contributed by atoms with Gasteiger partial charge in [-0.2, -0.15) is 0 Å². The minimum Gasteiger partial charge on any atom is -0.489 e. The molecule has 0 spiro atoms. The molecule has 0 saturated carbocycles. The van der Waals surface area contributed by atoms with Crippen LogP contribution in [0.3, 0.4) is 0 Å². The van der Waals surface area contributed by atoms with Crippen LogP contribution < -0.4 is 4.74 Å². The van der Waals surface area contributed by atoms with E-state index >= 15 is 0 Å². The highest BCUT2D eigenvalue weighted by atomic mass is 19.1.